The number of hydrogen-bond acceptors (Lipinski definition) is 2. The second-order valence-electron chi connectivity index (χ2n) is 4.13. The normalized spacial score (nSPS) is 12.7. The minimum absolute atomic E-state index is 0.539. The third-order valence-electron chi connectivity index (χ3n) is 2.54. The summed E-state index contributed by atoms with van der Waals surface area (Å²) in [5.74, 6) is 1.15. The summed E-state index contributed by atoms with van der Waals surface area (Å²) in [6.07, 6.45) is 6.77. The third-order valence-corrected chi connectivity index (χ3v) is 2.54. The molecule has 1 aromatic rings. The molecular formula is C12H23N3. The monoisotopic (exact) mass is 209 g/mol. The summed E-state index contributed by atoms with van der Waals surface area (Å²) in [5, 5.41) is 7.80. The minimum atomic E-state index is 0.539. The van der Waals surface area contributed by atoms with Gasteiger partial charge in [0.15, 0.2) is 0 Å². The molecule has 3 heteroatoms. The van der Waals surface area contributed by atoms with Gasteiger partial charge in [0.25, 0.3) is 0 Å². The van der Waals surface area contributed by atoms with Crippen LogP contribution in [0.15, 0.2) is 12.3 Å². The molecule has 86 valence electrons. The number of nitrogens with zero attached hydrogens (tertiary/aromatic N) is 2. The largest absolute Gasteiger partial charge is 0.368 e. The molecule has 0 aliphatic heterocycles. The summed E-state index contributed by atoms with van der Waals surface area (Å²) in [5.41, 5.74) is 0. The summed E-state index contributed by atoms with van der Waals surface area (Å²) >= 11 is 0. The van der Waals surface area contributed by atoms with Crippen molar-refractivity contribution in [3.63, 3.8) is 0 Å². The zero-order valence-corrected chi connectivity index (χ0v) is 10.2. The van der Waals surface area contributed by atoms with Crippen molar-refractivity contribution in [3.8, 4) is 0 Å². The highest BCUT2D eigenvalue weighted by molar-refractivity contribution is 5.34. The molecule has 0 bridgehead atoms. The van der Waals surface area contributed by atoms with Gasteiger partial charge in [-0.15, -0.1) is 0 Å². The summed E-state index contributed by atoms with van der Waals surface area (Å²) in [6.45, 7) is 7.63. The topological polar surface area (TPSA) is 29.9 Å². The van der Waals surface area contributed by atoms with Crippen LogP contribution in [0.3, 0.4) is 0 Å². The number of aryl methyl sites for hydroxylation is 1. The Balaban J connectivity index is 2.44. The van der Waals surface area contributed by atoms with Gasteiger partial charge in [-0.1, -0.05) is 26.7 Å². The zero-order chi connectivity index (χ0) is 11.1. The third kappa shape index (κ3) is 3.94. The molecule has 1 atom stereocenters. The molecule has 0 aromatic carbocycles. The Morgan fingerprint density at radius 1 is 1.40 bits per heavy atom. The first-order valence-corrected chi connectivity index (χ1v) is 6.06. The average molecular weight is 209 g/mol. The molecule has 1 heterocycles. The molecule has 0 aliphatic carbocycles. The van der Waals surface area contributed by atoms with Crippen molar-refractivity contribution >= 4 is 5.82 Å². The molecule has 1 aromatic heterocycles. The van der Waals surface area contributed by atoms with Crippen LogP contribution in [0.4, 0.5) is 5.82 Å². The standard InChI is InChI=1S/C12H23N3/c1-4-6-7-11(3)14-12-8-9-13-15(12)10-5-2/h8-9,11,14H,4-7,10H2,1-3H3. The van der Waals surface area contributed by atoms with Gasteiger partial charge in [-0.3, -0.25) is 0 Å². The lowest BCUT2D eigenvalue weighted by Crippen LogP contribution is -2.18. The van der Waals surface area contributed by atoms with E-state index in [9.17, 15) is 0 Å². The number of unbranched alkanes of at least 4 members (excludes halogenated alkanes) is 1. The van der Waals surface area contributed by atoms with Gasteiger partial charge in [0.2, 0.25) is 0 Å². The van der Waals surface area contributed by atoms with Crippen molar-refractivity contribution in [2.45, 2.75) is 59.0 Å². The first-order chi connectivity index (χ1) is 7.27. The van der Waals surface area contributed by atoms with Crippen molar-refractivity contribution in [1.82, 2.24) is 9.78 Å². The number of aromatic nitrogens is 2. The Morgan fingerprint density at radius 3 is 2.87 bits per heavy atom. The second-order valence-corrected chi connectivity index (χ2v) is 4.13. The van der Waals surface area contributed by atoms with Crippen LogP contribution in [0.5, 0.6) is 0 Å². The fraction of sp³-hybridized carbons (Fsp3) is 0.750. The molecule has 0 fully saturated rings. The van der Waals surface area contributed by atoms with E-state index in [2.05, 4.69) is 37.3 Å². The molecule has 3 nitrogen and oxygen atoms in total. The number of anilines is 1. The first kappa shape index (κ1) is 12.1. The first-order valence-electron chi connectivity index (χ1n) is 6.06. The highest BCUT2D eigenvalue weighted by atomic mass is 15.3. The summed E-state index contributed by atoms with van der Waals surface area (Å²) in [7, 11) is 0. The van der Waals surface area contributed by atoms with Gasteiger partial charge < -0.3 is 5.32 Å². The second kappa shape index (κ2) is 6.49. The Hall–Kier alpha value is -0.990. The van der Waals surface area contributed by atoms with Crippen LogP contribution in [0.2, 0.25) is 0 Å². The minimum Gasteiger partial charge on any atom is -0.368 e. The zero-order valence-electron chi connectivity index (χ0n) is 10.2. The molecule has 0 radical (unpaired) electrons. The van der Waals surface area contributed by atoms with E-state index in [-0.39, 0.29) is 0 Å². The van der Waals surface area contributed by atoms with E-state index in [1.807, 2.05) is 10.9 Å². The lowest BCUT2D eigenvalue weighted by atomic mass is 10.1. The van der Waals surface area contributed by atoms with E-state index in [1.165, 1.54) is 19.3 Å². The Bertz CT molecular complexity index is 268. The maximum atomic E-state index is 4.29. The van der Waals surface area contributed by atoms with Crippen molar-refractivity contribution in [2.24, 2.45) is 0 Å². The highest BCUT2D eigenvalue weighted by Crippen LogP contribution is 2.11. The van der Waals surface area contributed by atoms with Crippen LogP contribution >= 0.6 is 0 Å². The predicted molar refractivity (Wildman–Crippen MR) is 65.1 cm³/mol. The van der Waals surface area contributed by atoms with E-state index in [1.54, 1.807) is 0 Å². The highest BCUT2D eigenvalue weighted by Gasteiger charge is 2.05. The lowest BCUT2D eigenvalue weighted by Gasteiger charge is -2.15. The van der Waals surface area contributed by atoms with Gasteiger partial charge in [0.05, 0.1) is 6.20 Å². The van der Waals surface area contributed by atoms with E-state index >= 15 is 0 Å². The van der Waals surface area contributed by atoms with Gasteiger partial charge in [0, 0.05) is 18.7 Å². The van der Waals surface area contributed by atoms with E-state index in [0.29, 0.717) is 6.04 Å². The van der Waals surface area contributed by atoms with E-state index in [0.717, 1.165) is 18.8 Å². The molecule has 0 saturated heterocycles. The van der Waals surface area contributed by atoms with Gasteiger partial charge in [-0.2, -0.15) is 5.10 Å². The maximum Gasteiger partial charge on any atom is 0.124 e. The smallest absolute Gasteiger partial charge is 0.124 e. The molecule has 0 aliphatic rings. The molecule has 15 heavy (non-hydrogen) atoms. The average Bonchev–Trinajstić information content (AvgIpc) is 2.63. The number of hydrogen-bond donors (Lipinski definition) is 1. The van der Waals surface area contributed by atoms with Gasteiger partial charge in [-0.25, -0.2) is 4.68 Å². The van der Waals surface area contributed by atoms with Crippen LogP contribution in [-0.4, -0.2) is 15.8 Å². The fourth-order valence-electron chi connectivity index (χ4n) is 1.68. The Labute approximate surface area is 92.9 Å². The van der Waals surface area contributed by atoms with Crippen LogP contribution in [0.1, 0.15) is 46.5 Å². The molecule has 1 rings (SSSR count). The number of rotatable bonds is 7. The molecular weight excluding hydrogens is 186 g/mol. The van der Waals surface area contributed by atoms with Gasteiger partial charge in [0.1, 0.15) is 5.82 Å². The molecule has 1 N–H and O–H groups in total. The van der Waals surface area contributed by atoms with Gasteiger partial charge >= 0.3 is 0 Å². The Kier molecular flexibility index (Phi) is 5.22. The van der Waals surface area contributed by atoms with Crippen molar-refractivity contribution in [1.29, 1.82) is 0 Å². The van der Waals surface area contributed by atoms with Crippen LogP contribution < -0.4 is 5.32 Å². The van der Waals surface area contributed by atoms with E-state index in [4.69, 9.17) is 0 Å². The SMILES string of the molecule is CCCCC(C)Nc1ccnn1CCC. The number of nitrogens with one attached hydrogen (secondary N) is 1. The summed E-state index contributed by atoms with van der Waals surface area (Å²) in [6, 6.07) is 2.59. The molecule has 0 spiro atoms. The maximum absolute atomic E-state index is 4.29. The van der Waals surface area contributed by atoms with Crippen molar-refractivity contribution in [3.05, 3.63) is 12.3 Å². The van der Waals surface area contributed by atoms with Crippen LogP contribution in [0, 0.1) is 0 Å². The summed E-state index contributed by atoms with van der Waals surface area (Å²) in [4.78, 5) is 0. The fourth-order valence-corrected chi connectivity index (χ4v) is 1.68. The van der Waals surface area contributed by atoms with E-state index < -0.39 is 0 Å². The summed E-state index contributed by atoms with van der Waals surface area (Å²) < 4.78 is 2.04. The predicted octanol–water partition coefficient (Wildman–Crippen LogP) is 3.28. The van der Waals surface area contributed by atoms with Crippen molar-refractivity contribution in [2.75, 3.05) is 5.32 Å². The van der Waals surface area contributed by atoms with Crippen LogP contribution in [-0.2, 0) is 6.54 Å². The molecule has 0 saturated carbocycles. The quantitative estimate of drug-likeness (QED) is 0.747. The lowest BCUT2D eigenvalue weighted by molar-refractivity contribution is 0.590. The van der Waals surface area contributed by atoms with Crippen LogP contribution in [0.25, 0.3) is 0 Å². The molecule has 0 amide bonds. The van der Waals surface area contributed by atoms with Gasteiger partial charge in [-0.05, 0) is 19.8 Å². The molecule has 1 unspecified atom stereocenters. The van der Waals surface area contributed by atoms with Crippen molar-refractivity contribution < 1.29 is 0 Å². The Morgan fingerprint density at radius 2 is 2.20 bits per heavy atom.